The Morgan fingerprint density at radius 2 is 2.07 bits per heavy atom. The van der Waals surface area contributed by atoms with Gasteiger partial charge in [-0.25, -0.2) is 9.97 Å². The molecule has 6 nitrogen and oxygen atoms in total. The fraction of sp³-hybridized carbons (Fsp3) is 0.667. The zero-order valence-electron chi connectivity index (χ0n) is 17.4. The maximum atomic E-state index is 9.84. The number of fused-ring (bicyclic) bond motifs is 1. The largest absolute Gasteiger partial charge is 0.394 e. The quantitative estimate of drug-likeness (QED) is 0.893. The molecule has 0 fully saturated rings. The van der Waals surface area contributed by atoms with E-state index >= 15 is 0 Å². The van der Waals surface area contributed by atoms with Crippen LogP contribution in [0.5, 0.6) is 0 Å². The molecular formula is C21H32N4O2. The number of rotatable bonds is 4. The second kappa shape index (κ2) is 7.68. The minimum Gasteiger partial charge on any atom is -0.394 e. The Kier molecular flexibility index (Phi) is 5.68. The highest BCUT2D eigenvalue weighted by Gasteiger charge is 2.27. The van der Waals surface area contributed by atoms with Crippen LogP contribution in [0.25, 0.3) is 11.0 Å². The standard InChI is InChI=1S/C21H32N4O2/c1-13(2)27-17-9-7-8-15(23-16(17)12-26)19-22-11-14-10-18(21(3,4)5)25(6)20(14)24-19/h10-11,13,16-17,26H,7-9,12H2,1-6H3/t16-,17+/m0/s1. The summed E-state index contributed by atoms with van der Waals surface area (Å²) in [6.45, 7) is 10.6. The SMILES string of the molecule is CC(C)O[C@@H]1CCCC(c2ncc3cc(C(C)(C)C)n(C)c3n2)=N[C@H]1CO. The molecule has 0 aromatic carbocycles. The minimum atomic E-state index is -0.261. The predicted molar refractivity (Wildman–Crippen MR) is 108 cm³/mol. The fourth-order valence-corrected chi connectivity index (χ4v) is 3.82. The first-order chi connectivity index (χ1) is 12.7. The molecule has 148 valence electrons. The van der Waals surface area contributed by atoms with Gasteiger partial charge in [0.15, 0.2) is 5.82 Å². The number of nitrogens with zero attached hydrogens (tertiary/aromatic N) is 4. The molecule has 3 heterocycles. The molecule has 0 unspecified atom stereocenters. The van der Waals surface area contributed by atoms with E-state index in [9.17, 15) is 5.11 Å². The van der Waals surface area contributed by atoms with Crippen molar-refractivity contribution in [2.24, 2.45) is 12.0 Å². The molecule has 1 aliphatic heterocycles. The van der Waals surface area contributed by atoms with Crippen molar-refractivity contribution in [1.29, 1.82) is 0 Å². The average molecular weight is 373 g/mol. The van der Waals surface area contributed by atoms with Crippen molar-refractivity contribution in [2.75, 3.05) is 6.61 Å². The lowest BCUT2D eigenvalue weighted by atomic mass is 9.92. The smallest absolute Gasteiger partial charge is 0.175 e. The fourth-order valence-electron chi connectivity index (χ4n) is 3.82. The normalized spacial score (nSPS) is 21.6. The van der Waals surface area contributed by atoms with Crippen molar-refractivity contribution in [3.8, 4) is 0 Å². The number of hydrogen-bond acceptors (Lipinski definition) is 5. The first-order valence-corrected chi connectivity index (χ1v) is 9.87. The van der Waals surface area contributed by atoms with Gasteiger partial charge in [-0.05, 0) is 39.2 Å². The van der Waals surface area contributed by atoms with Crippen LogP contribution in [-0.4, -0.2) is 50.2 Å². The average Bonchev–Trinajstić information content (AvgIpc) is 2.80. The number of ether oxygens (including phenoxy) is 1. The van der Waals surface area contributed by atoms with Crippen molar-refractivity contribution < 1.29 is 9.84 Å². The van der Waals surface area contributed by atoms with Gasteiger partial charge in [-0.15, -0.1) is 0 Å². The van der Waals surface area contributed by atoms with Crippen LogP contribution in [0.4, 0.5) is 0 Å². The summed E-state index contributed by atoms with van der Waals surface area (Å²) in [5.41, 5.74) is 3.06. The number of aryl methyl sites for hydroxylation is 1. The highest BCUT2D eigenvalue weighted by atomic mass is 16.5. The van der Waals surface area contributed by atoms with Crippen LogP contribution in [0.2, 0.25) is 0 Å². The molecule has 0 saturated carbocycles. The van der Waals surface area contributed by atoms with E-state index in [0.717, 1.165) is 36.0 Å². The van der Waals surface area contributed by atoms with E-state index in [0.29, 0.717) is 5.82 Å². The Labute approximate surface area is 161 Å². The van der Waals surface area contributed by atoms with Gasteiger partial charge in [0.2, 0.25) is 0 Å². The first-order valence-electron chi connectivity index (χ1n) is 9.87. The molecule has 0 saturated heterocycles. The molecular weight excluding hydrogens is 340 g/mol. The lowest BCUT2D eigenvalue weighted by Crippen LogP contribution is -2.32. The van der Waals surface area contributed by atoms with Crippen molar-refractivity contribution in [1.82, 2.24) is 14.5 Å². The van der Waals surface area contributed by atoms with Gasteiger partial charge < -0.3 is 14.4 Å². The van der Waals surface area contributed by atoms with Crippen LogP contribution in [0, 0.1) is 0 Å². The van der Waals surface area contributed by atoms with Crippen LogP contribution >= 0.6 is 0 Å². The molecule has 3 rings (SSSR count). The van der Waals surface area contributed by atoms with E-state index in [-0.39, 0.29) is 30.3 Å². The summed E-state index contributed by atoms with van der Waals surface area (Å²) in [4.78, 5) is 14.2. The molecule has 0 aliphatic carbocycles. The molecule has 0 amide bonds. The maximum Gasteiger partial charge on any atom is 0.175 e. The summed E-state index contributed by atoms with van der Waals surface area (Å²) >= 11 is 0. The molecule has 2 aromatic heterocycles. The summed E-state index contributed by atoms with van der Waals surface area (Å²) < 4.78 is 8.12. The number of aromatic nitrogens is 3. The van der Waals surface area contributed by atoms with E-state index < -0.39 is 0 Å². The molecule has 2 atom stereocenters. The summed E-state index contributed by atoms with van der Waals surface area (Å²) in [7, 11) is 2.05. The van der Waals surface area contributed by atoms with Gasteiger partial charge in [-0.3, -0.25) is 4.99 Å². The molecule has 0 radical (unpaired) electrons. The molecule has 27 heavy (non-hydrogen) atoms. The lowest BCUT2D eigenvalue weighted by Gasteiger charge is -2.23. The molecule has 2 aromatic rings. The Balaban J connectivity index is 1.98. The Hall–Kier alpha value is -1.79. The van der Waals surface area contributed by atoms with E-state index in [2.05, 4.69) is 43.4 Å². The van der Waals surface area contributed by atoms with E-state index in [1.807, 2.05) is 20.0 Å². The second-order valence-electron chi connectivity index (χ2n) is 8.75. The summed E-state index contributed by atoms with van der Waals surface area (Å²) in [5, 5.41) is 10.9. The Bertz CT molecular complexity index is 833. The summed E-state index contributed by atoms with van der Waals surface area (Å²) in [5.74, 6) is 0.660. The number of aliphatic imine (C=N–C) groups is 1. The monoisotopic (exact) mass is 372 g/mol. The Morgan fingerprint density at radius 1 is 1.33 bits per heavy atom. The van der Waals surface area contributed by atoms with Gasteiger partial charge >= 0.3 is 0 Å². The molecule has 1 aliphatic rings. The third-order valence-electron chi connectivity index (χ3n) is 5.08. The number of aliphatic hydroxyl groups excluding tert-OH is 1. The molecule has 6 heteroatoms. The van der Waals surface area contributed by atoms with Gasteiger partial charge in [0.05, 0.1) is 30.6 Å². The number of hydrogen-bond donors (Lipinski definition) is 1. The highest BCUT2D eigenvalue weighted by Crippen LogP contribution is 2.28. The second-order valence-corrected chi connectivity index (χ2v) is 8.75. The minimum absolute atomic E-state index is 0.0263. The first kappa shape index (κ1) is 20.0. The number of aliphatic hydroxyl groups is 1. The van der Waals surface area contributed by atoms with Crippen molar-refractivity contribution >= 4 is 16.7 Å². The van der Waals surface area contributed by atoms with E-state index in [1.165, 1.54) is 5.69 Å². The third kappa shape index (κ3) is 4.22. The zero-order valence-corrected chi connectivity index (χ0v) is 17.4. The zero-order chi connectivity index (χ0) is 19.8. The van der Waals surface area contributed by atoms with Crippen molar-refractivity contribution in [3.63, 3.8) is 0 Å². The van der Waals surface area contributed by atoms with Gasteiger partial charge in [-0.1, -0.05) is 20.8 Å². The van der Waals surface area contributed by atoms with Crippen LogP contribution in [0.1, 0.15) is 65.4 Å². The van der Waals surface area contributed by atoms with E-state index in [1.54, 1.807) is 0 Å². The molecule has 0 bridgehead atoms. The van der Waals surface area contributed by atoms with Crippen LogP contribution in [0.3, 0.4) is 0 Å². The lowest BCUT2D eigenvalue weighted by molar-refractivity contribution is -0.0196. The third-order valence-corrected chi connectivity index (χ3v) is 5.08. The van der Waals surface area contributed by atoms with Gasteiger partial charge in [0, 0.05) is 29.7 Å². The van der Waals surface area contributed by atoms with Crippen molar-refractivity contribution in [2.45, 2.75) is 77.5 Å². The molecule has 1 N–H and O–H groups in total. The highest BCUT2D eigenvalue weighted by molar-refractivity contribution is 5.98. The molecule has 0 spiro atoms. The topological polar surface area (TPSA) is 72.5 Å². The van der Waals surface area contributed by atoms with Gasteiger partial charge in [0.25, 0.3) is 0 Å². The van der Waals surface area contributed by atoms with Crippen LogP contribution < -0.4 is 0 Å². The van der Waals surface area contributed by atoms with E-state index in [4.69, 9.17) is 14.7 Å². The predicted octanol–water partition coefficient (Wildman–Crippen LogP) is 3.39. The summed E-state index contributed by atoms with van der Waals surface area (Å²) in [6, 6.07) is 1.90. The Morgan fingerprint density at radius 3 is 2.70 bits per heavy atom. The van der Waals surface area contributed by atoms with Crippen molar-refractivity contribution in [3.05, 3.63) is 23.8 Å². The van der Waals surface area contributed by atoms with Gasteiger partial charge in [-0.2, -0.15) is 0 Å². The van der Waals surface area contributed by atoms with Gasteiger partial charge in [0.1, 0.15) is 5.65 Å². The van der Waals surface area contributed by atoms with Crippen LogP contribution in [0.15, 0.2) is 17.3 Å². The maximum absolute atomic E-state index is 9.84. The summed E-state index contributed by atoms with van der Waals surface area (Å²) in [6.07, 6.45) is 4.59. The van der Waals surface area contributed by atoms with Crippen LogP contribution in [-0.2, 0) is 17.2 Å².